The first-order chi connectivity index (χ1) is 14.8. The number of aromatic nitrogens is 2. The van der Waals surface area contributed by atoms with Crippen molar-refractivity contribution in [2.75, 3.05) is 13.6 Å². The molecule has 1 aliphatic carbocycles. The fraction of sp³-hybridized carbons (Fsp3) is 0.880. The summed E-state index contributed by atoms with van der Waals surface area (Å²) in [6.07, 6.45) is 16.0. The van der Waals surface area contributed by atoms with E-state index in [9.17, 15) is 0 Å². The summed E-state index contributed by atoms with van der Waals surface area (Å²) >= 11 is 0. The van der Waals surface area contributed by atoms with Gasteiger partial charge in [0.15, 0.2) is 0 Å². The molecule has 31 heavy (non-hydrogen) atoms. The van der Waals surface area contributed by atoms with Crippen LogP contribution in [0.3, 0.4) is 0 Å². The number of hydrogen-bond acceptors (Lipinski definition) is 4. The summed E-state index contributed by atoms with van der Waals surface area (Å²) in [6, 6.07) is 0.459. The molecule has 0 aromatic carbocycles. The van der Waals surface area contributed by atoms with Crippen LogP contribution in [0.2, 0.25) is 5.82 Å². The fourth-order valence-electron chi connectivity index (χ4n) is 5.70. The minimum Gasteiger partial charge on any atom is -0.403 e. The number of nitrogens with zero attached hydrogens (tertiary/aromatic N) is 2. The highest BCUT2D eigenvalue weighted by molar-refractivity contribution is 6.47. The van der Waals surface area contributed by atoms with E-state index in [1.165, 1.54) is 88.7 Å². The minimum absolute atomic E-state index is 0.0499. The van der Waals surface area contributed by atoms with Crippen LogP contribution in [0.15, 0.2) is 6.20 Å². The molecule has 1 aromatic heterocycles. The van der Waals surface area contributed by atoms with Crippen LogP contribution in [-0.2, 0) is 9.31 Å². The van der Waals surface area contributed by atoms with Gasteiger partial charge in [-0.1, -0.05) is 44.9 Å². The van der Waals surface area contributed by atoms with Gasteiger partial charge in [0.05, 0.1) is 17.2 Å². The van der Waals surface area contributed by atoms with Crippen LogP contribution in [0, 0.1) is 0 Å². The average Bonchev–Trinajstić information content (AvgIpc) is 3.22. The SMILES string of the molecule is CN1CCCCCC1c1ncc(C2CCCCC(B3OC(C)(C)C(C)(C)O3)CCC2)[nH]1. The van der Waals surface area contributed by atoms with Gasteiger partial charge in [-0.3, -0.25) is 4.90 Å². The van der Waals surface area contributed by atoms with E-state index in [4.69, 9.17) is 14.3 Å². The van der Waals surface area contributed by atoms with Gasteiger partial charge in [-0.25, -0.2) is 4.98 Å². The van der Waals surface area contributed by atoms with Gasteiger partial charge in [0.1, 0.15) is 5.82 Å². The van der Waals surface area contributed by atoms with Crippen molar-refractivity contribution in [3.8, 4) is 0 Å². The molecule has 1 N–H and O–H groups in total. The normalized spacial score (nSPS) is 32.8. The highest BCUT2D eigenvalue weighted by Crippen LogP contribution is 2.44. The van der Waals surface area contributed by atoms with Crippen molar-refractivity contribution in [1.82, 2.24) is 14.9 Å². The monoisotopic (exact) mass is 429 g/mol. The van der Waals surface area contributed by atoms with E-state index in [0.29, 0.717) is 17.8 Å². The van der Waals surface area contributed by atoms with E-state index in [1.807, 2.05) is 0 Å². The molecule has 1 saturated carbocycles. The average molecular weight is 429 g/mol. The Balaban J connectivity index is 1.37. The Morgan fingerprint density at radius 1 is 0.903 bits per heavy atom. The maximum absolute atomic E-state index is 6.40. The molecule has 3 atom stereocenters. The van der Waals surface area contributed by atoms with E-state index < -0.39 is 0 Å². The molecule has 2 saturated heterocycles. The van der Waals surface area contributed by atoms with Crippen LogP contribution in [0.25, 0.3) is 0 Å². The largest absolute Gasteiger partial charge is 0.461 e. The van der Waals surface area contributed by atoms with Crippen molar-refractivity contribution in [2.24, 2.45) is 0 Å². The van der Waals surface area contributed by atoms with Crippen LogP contribution in [-0.4, -0.2) is 46.8 Å². The molecule has 5 nitrogen and oxygen atoms in total. The number of aromatic amines is 1. The number of imidazole rings is 1. The van der Waals surface area contributed by atoms with Gasteiger partial charge in [0.25, 0.3) is 0 Å². The van der Waals surface area contributed by atoms with E-state index >= 15 is 0 Å². The lowest BCUT2D eigenvalue weighted by molar-refractivity contribution is 0.00578. The van der Waals surface area contributed by atoms with Crippen LogP contribution in [0.5, 0.6) is 0 Å². The summed E-state index contributed by atoms with van der Waals surface area (Å²) in [7, 11) is 2.21. The predicted octanol–water partition coefficient (Wildman–Crippen LogP) is 6.25. The Labute approximate surface area is 190 Å². The Morgan fingerprint density at radius 3 is 2.32 bits per heavy atom. The Morgan fingerprint density at radius 2 is 1.55 bits per heavy atom. The van der Waals surface area contributed by atoms with Crippen molar-refractivity contribution in [1.29, 1.82) is 0 Å². The fourth-order valence-corrected chi connectivity index (χ4v) is 5.70. The second kappa shape index (κ2) is 9.57. The summed E-state index contributed by atoms with van der Waals surface area (Å²) < 4.78 is 12.8. The van der Waals surface area contributed by atoms with Crippen molar-refractivity contribution < 1.29 is 9.31 Å². The van der Waals surface area contributed by atoms with Crippen LogP contribution >= 0.6 is 0 Å². The molecule has 3 aliphatic rings. The molecule has 3 fully saturated rings. The van der Waals surface area contributed by atoms with Crippen molar-refractivity contribution in [3.63, 3.8) is 0 Å². The van der Waals surface area contributed by atoms with Gasteiger partial charge in [-0.2, -0.15) is 0 Å². The summed E-state index contributed by atoms with van der Waals surface area (Å²) in [6.45, 7) is 9.85. The third kappa shape index (κ3) is 5.22. The third-order valence-corrected chi connectivity index (χ3v) is 8.55. The van der Waals surface area contributed by atoms with Gasteiger partial charge in [-0.05, 0) is 72.8 Å². The Kier molecular flexibility index (Phi) is 7.19. The lowest BCUT2D eigenvalue weighted by Gasteiger charge is -2.32. The van der Waals surface area contributed by atoms with Gasteiger partial charge >= 0.3 is 7.12 Å². The van der Waals surface area contributed by atoms with E-state index in [2.05, 4.69) is 50.8 Å². The first-order valence-corrected chi connectivity index (χ1v) is 12.9. The molecular weight excluding hydrogens is 385 g/mol. The molecule has 174 valence electrons. The van der Waals surface area contributed by atoms with Crippen LogP contribution in [0.4, 0.5) is 0 Å². The molecule has 0 bridgehead atoms. The maximum Gasteiger partial charge on any atom is 0.461 e. The van der Waals surface area contributed by atoms with Gasteiger partial charge in [0, 0.05) is 17.8 Å². The minimum atomic E-state index is -0.226. The van der Waals surface area contributed by atoms with Crippen LogP contribution in [0.1, 0.15) is 122 Å². The van der Waals surface area contributed by atoms with Gasteiger partial charge < -0.3 is 14.3 Å². The first-order valence-electron chi connectivity index (χ1n) is 12.9. The molecule has 4 rings (SSSR count). The number of nitrogens with one attached hydrogen (secondary N) is 1. The standard InChI is InChI=1S/C25H44BN3O2/c1-24(2)25(3,4)31-26(30-24)20-14-9-8-12-19(13-11-15-20)21-18-27-23(28-21)22-16-7-6-10-17-29(22)5/h18-20,22H,6-17H2,1-5H3,(H,27,28). The molecule has 6 heteroatoms. The zero-order valence-electron chi connectivity index (χ0n) is 20.6. The first kappa shape index (κ1) is 23.3. The maximum atomic E-state index is 6.40. The quantitative estimate of drug-likeness (QED) is 0.578. The van der Waals surface area contributed by atoms with Gasteiger partial charge in [0.2, 0.25) is 0 Å². The molecule has 0 amide bonds. The molecule has 1 aromatic rings. The van der Waals surface area contributed by atoms with E-state index in [1.54, 1.807) is 0 Å². The van der Waals surface area contributed by atoms with E-state index in [0.717, 1.165) is 0 Å². The zero-order chi connectivity index (χ0) is 22.1. The molecule has 0 radical (unpaired) electrons. The van der Waals surface area contributed by atoms with E-state index in [-0.39, 0.29) is 18.3 Å². The summed E-state index contributed by atoms with van der Waals surface area (Å²) in [5, 5.41) is 0. The topological polar surface area (TPSA) is 50.4 Å². The smallest absolute Gasteiger partial charge is 0.403 e. The third-order valence-electron chi connectivity index (χ3n) is 8.55. The number of hydrogen-bond donors (Lipinski definition) is 1. The molecular formula is C25H44BN3O2. The summed E-state index contributed by atoms with van der Waals surface area (Å²) in [5.41, 5.74) is 0.911. The lowest BCUT2D eigenvalue weighted by Crippen LogP contribution is -2.41. The zero-order valence-corrected chi connectivity index (χ0v) is 20.6. The summed E-state index contributed by atoms with van der Waals surface area (Å²) in [4.78, 5) is 11.1. The molecule has 3 unspecified atom stereocenters. The van der Waals surface area contributed by atoms with Crippen molar-refractivity contribution in [3.05, 3.63) is 17.7 Å². The lowest BCUT2D eigenvalue weighted by atomic mass is 9.67. The second-order valence-corrected chi connectivity index (χ2v) is 11.4. The Hall–Kier alpha value is -0.845. The highest BCUT2D eigenvalue weighted by atomic mass is 16.7. The van der Waals surface area contributed by atoms with Crippen molar-refractivity contribution >= 4 is 7.12 Å². The number of rotatable bonds is 3. The van der Waals surface area contributed by atoms with Crippen LogP contribution < -0.4 is 0 Å². The highest BCUT2D eigenvalue weighted by Gasteiger charge is 2.53. The van der Waals surface area contributed by atoms with Crippen molar-refractivity contribution in [2.45, 2.75) is 127 Å². The molecule has 2 aliphatic heterocycles. The summed E-state index contributed by atoms with van der Waals surface area (Å²) in [5.74, 6) is 2.31. The number of likely N-dealkylation sites (tertiary alicyclic amines) is 1. The molecule has 0 spiro atoms. The Bertz CT molecular complexity index is 703. The van der Waals surface area contributed by atoms with Gasteiger partial charge in [-0.15, -0.1) is 0 Å². The second-order valence-electron chi connectivity index (χ2n) is 11.4. The number of H-pyrrole nitrogens is 1. The molecule has 3 heterocycles. The predicted molar refractivity (Wildman–Crippen MR) is 127 cm³/mol.